The van der Waals surface area contributed by atoms with E-state index in [1.165, 1.54) is 0 Å². The Hall–Kier alpha value is -7.54. The van der Waals surface area contributed by atoms with Gasteiger partial charge >= 0.3 is 83.6 Å². The van der Waals surface area contributed by atoms with Crippen LogP contribution < -0.4 is 0 Å². The molecule has 39 atom stereocenters. The average Bonchev–Trinajstić information content (AvgIpc) is 1.53. The summed E-state index contributed by atoms with van der Waals surface area (Å²) in [5, 5.41) is 0. The highest BCUT2D eigenvalue weighted by atomic mass is 16.7. The second-order valence-electron chi connectivity index (χ2n) is 45.6. The van der Waals surface area contributed by atoms with Gasteiger partial charge in [0.1, 0.15) is 54.2 Å². The van der Waals surface area contributed by atoms with Crippen LogP contribution >= 0.6 is 0 Å². The first kappa shape index (κ1) is 99.0. The van der Waals surface area contributed by atoms with Gasteiger partial charge < -0.3 is 80.5 Å². The summed E-state index contributed by atoms with van der Waals surface area (Å²) in [6.07, 6.45) is 11.0. The zero-order valence-electron chi connectivity index (χ0n) is 81.4. The number of cyclic esters (lactones) is 4. The summed E-state index contributed by atoms with van der Waals surface area (Å²) in [6.45, 7) is 42.6. The largest absolute Gasteiger partial charge is 0.465 e. The summed E-state index contributed by atoms with van der Waals surface area (Å²) < 4.78 is 93.3. The Morgan fingerprint density at radius 1 is 0.356 bits per heavy atom. The van der Waals surface area contributed by atoms with Crippen LogP contribution in [0.5, 0.6) is 0 Å². The SMILES string of the molecule is CCC(C)(C)C(=O)OC1C(C)C2CC1C1COC(=O)C21.CCC(C)(C)C(=O)OC1C2CC(C1OC)C1C(=O)OCC21.CCC(C)(C)C(=O)OC1C2CC3C(=O)OC1C3O2.CCC(C)(C)C(=O)OC1C2CC3OC(=O)C1(C)C3C2.CCC(C)(C)C(=O)OC1CC2CC1C1COC(=O)C21.CCC(C)C(=O)OC1C2CC3C(=O)OC1C3O2.CCC(C)C(=O)OC1CC2CC1C1COC(=O)C21. The van der Waals surface area contributed by atoms with E-state index in [1.54, 1.807) is 7.11 Å². The van der Waals surface area contributed by atoms with Crippen molar-refractivity contribution in [2.75, 3.05) is 33.5 Å². The predicted octanol–water partition coefficient (Wildman–Crippen LogP) is 12.1. The maximum absolute atomic E-state index is 12.4. The zero-order chi connectivity index (χ0) is 95.9. The minimum atomic E-state index is -0.604. The van der Waals surface area contributed by atoms with Gasteiger partial charge in [-0.3, -0.25) is 67.1 Å². The van der Waals surface area contributed by atoms with Crippen LogP contribution in [0.25, 0.3) is 0 Å². The summed E-state index contributed by atoms with van der Waals surface area (Å²) in [6, 6.07) is 0. The van der Waals surface area contributed by atoms with E-state index < -0.39 is 50.8 Å². The number of hydrogen-bond acceptors (Lipinski definition) is 31. The van der Waals surface area contributed by atoms with Gasteiger partial charge in [0.25, 0.3) is 0 Å². The summed E-state index contributed by atoms with van der Waals surface area (Å²) >= 11 is 0. The lowest BCUT2D eigenvalue weighted by molar-refractivity contribution is -0.175. The number of esters is 14. The summed E-state index contributed by atoms with van der Waals surface area (Å²) in [4.78, 5) is 167. The Kier molecular flexibility index (Phi) is 28.0. The van der Waals surface area contributed by atoms with Gasteiger partial charge in [0.15, 0.2) is 24.4 Å². The minimum Gasteiger partial charge on any atom is -0.465 e. The third-order valence-electron chi connectivity index (χ3n) is 36.6. The molecule has 14 bridgehead atoms. The van der Waals surface area contributed by atoms with Gasteiger partial charge in [-0.25, -0.2) is 0 Å². The van der Waals surface area contributed by atoms with E-state index in [-0.39, 0.29) is 246 Å². The molecule has 0 radical (unpaired) electrons. The molecule has 0 spiro atoms. The van der Waals surface area contributed by atoms with Crippen LogP contribution in [0.2, 0.25) is 0 Å². The van der Waals surface area contributed by atoms with Crippen molar-refractivity contribution in [3.8, 4) is 0 Å². The fourth-order valence-electron chi connectivity index (χ4n) is 25.7. The van der Waals surface area contributed by atoms with Gasteiger partial charge in [0.05, 0.1) is 119 Å². The molecule has 31 nitrogen and oxygen atoms in total. The highest BCUT2D eigenvalue weighted by Crippen LogP contribution is 2.65. The van der Waals surface area contributed by atoms with Crippen molar-refractivity contribution in [1.29, 1.82) is 0 Å². The number of ether oxygens (including phenoxy) is 17. The van der Waals surface area contributed by atoms with E-state index >= 15 is 0 Å². The lowest BCUT2D eigenvalue weighted by Crippen LogP contribution is -2.47. The molecule has 0 aromatic carbocycles. The molecule has 11 heterocycles. The molecule has 10 aliphatic carbocycles. The van der Waals surface area contributed by atoms with Crippen LogP contribution in [-0.4, -0.2) is 209 Å². The van der Waals surface area contributed by atoms with E-state index in [0.29, 0.717) is 93.0 Å². The molecule has 21 fully saturated rings. The maximum atomic E-state index is 12.4. The topological polar surface area (TPSA) is 396 Å². The van der Waals surface area contributed by atoms with Crippen molar-refractivity contribution in [3.05, 3.63) is 0 Å². The Labute approximate surface area is 775 Å². The van der Waals surface area contributed by atoms with E-state index in [9.17, 15) is 67.1 Å². The second-order valence-corrected chi connectivity index (χ2v) is 45.6. The number of fused-ring (bicyclic) bond motifs is 23. The fraction of sp³-hybridized carbons (Fsp3) is 0.861. The summed E-state index contributed by atoms with van der Waals surface area (Å²) in [7, 11) is 1.63. The summed E-state index contributed by atoms with van der Waals surface area (Å²) in [5.74, 6) is 2.06. The molecule has 21 aliphatic rings. The Balaban J connectivity index is 0.000000118. The fourth-order valence-corrected chi connectivity index (χ4v) is 25.7. The molecule has 39 unspecified atom stereocenters. The van der Waals surface area contributed by atoms with Gasteiger partial charge in [0.2, 0.25) is 0 Å². The van der Waals surface area contributed by atoms with E-state index in [1.807, 2.05) is 138 Å². The molecule has 21 rings (SSSR count). The third-order valence-corrected chi connectivity index (χ3v) is 36.6. The van der Waals surface area contributed by atoms with E-state index in [0.717, 1.165) is 89.9 Å². The van der Waals surface area contributed by atoms with Crippen LogP contribution in [0.1, 0.15) is 255 Å². The van der Waals surface area contributed by atoms with Gasteiger partial charge in [-0.05, 0) is 209 Å². The standard InChI is InChI=1S/C16H24O5.C16H24O4.2C15H22O4.C14H20O4.C13H18O5.C12H16O5/c1-5-16(2,3)15(18)21-13-8-6-9(12(13)19-4)11-10(8)7-20-14(11)17;1-5-16(3,4)15(18)20-13-8(2)9-6-10(13)11-7-19-14(17)12(9)11;1-5-14(2,3)12(16)19-11-8-6-9-10(7-8)18-13(17)15(9,11)4;1-4-15(2,3)14(17)19-11-6-8-5-9(11)10-7-18-13(16)12(8)10;1-3-7(2)13(15)18-11-5-8-4-9(11)10-6-17-14(16)12(8)10;1-4-13(2,3)12(15)18-9-7-5-6-8(16-7)10(9)17-11(6)14;1-3-5(2)11(13)16-9-7-4-6-8(15-7)10(9)17-12(6)14/h8-13H,5-7H2,1-4H3;8-13H,5-7H2,1-4H3;8-11H,5-7H2,1-4H3;8-12H,4-7H2,1-3H3;7-12H,3-6H2,1-2H3;6-10H,4-5H2,1-3H3;5-10H,3-4H2,1-2H3. The van der Waals surface area contributed by atoms with Gasteiger partial charge in [-0.15, -0.1) is 0 Å². The Morgan fingerprint density at radius 2 is 0.727 bits per heavy atom. The first-order valence-corrected chi connectivity index (χ1v) is 49.8. The van der Waals surface area contributed by atoms with Crippen LogP contribution in [0.3, 0.4) is 0 Å². The predicted molar refractivity (Wildman–Crippen MR) is 463 cm³/mol. The van der Waals surface area contributed by atoms with Gasteiger partial charge in [-0.1, -0.05) is 69.2 Å². The number of rotatable bonds is 22. The highest BCUT2D eigenvalue weighted by Gasteiger charge is 2.73. The zero-order valence-corrected chi connectivity index (χ0v) is 81.4. The van der Waals surface area contributed by atoms with Crippen LogP contribution in [0.4, 0.5) is 0 Å². The van der Waals surface area contributed by atoms with Crippen LogP contribution in [0.15, 0.2) is 0 Å². The molecule has 31 heteroatoms. The Bertz CT molecular complexity index is 4430. The molecular formula is C101H146O31. The lowest BCUT2D eigenvalue weighted by Gasteiger charge is -2.36. The average molecular weight is 1860 g/mol. The molecule has 0 amide bonds. The normalized spacial score (nSPS) is 42.0. The number of carbonyl (C=O) groups excluding carboxylic acids is 14. The molecule has 0 aromatic rings. The molecule has 11 saturated heterocycles. The molecule has 0 N–H and O–H groups in total. The first-order valence-electron chi connectivity index (χ1n) is 49.8. The molecule has 10 saturated carbocycles. The van der Waals surface area contributed by atoms with Crippen molar-refractivity contribution < 1.29 is 148 Å². The maximum Gasteiger partial charge on any atom is 0.316 e. The van der Waals surface area contributed by atoms with Gasteiger partial charge in [0, 0.05) is 72.2 Å². The Morgan fingerprint density at radius 3 is 1.17 bits per heavy atom. The van der Waals surface area contributed by atoms with Gasteiger partial charge in [-0.2, -0.15) is 0 Å². The van der Waals surface area contributed by atoms with Crippen molar-refractivity contribution in [2.45, 2.75) is 346 Å². The molecule has 11 aliphatic heterocycles. The van der Waals surface area contributed by atoms with Crippen molar-refractivity contribution in [2.24, 2.45) is 169 Å². The highest BCUT2D eigenvalue weighted by molar-refractivity contribution is 5.85. The van der Waals surface area contributed by atoms with Crippen molar-refractivity contribution in [3.63, 3.8) is 0 Å². The van der Waals surface area contributed by atoms with Crippen molar-refractivity contribution >= 4 is 83.6 Å². The number of carbonyl (C=O) groups is 14. The first-order chi connectivity index (χ1) is 62.2. The molecule has 0 aromatic heterocycles. The molecule has 132 heavy (non-hydrogen) atoms. The quantitative estimate of drug-likeness (QED) is 0.0717. The van der Waals surface area contributed by atoms with E-state index in [4.69, 9.17) is 80.5 Å². The monoisotopic (exact) mass is 1850 g/mol. The lowest BCUT2D eigenvalue weighted by atomic mass is 9.73. The molecule has 736 valence electrons. The third kappa shape index (κ3) is 17.5. The number of methoxy groups -OCH3 is 1. The van der Waals surface area contributed by atoms with Crippen LogP contribution in [-0.2, 0) is 148 Å². The second kappa shape index (κ2) is 37.4. The minimum absolute atomic E-state index is 0.000856. The van der Waals surface area contributed by atoms with E-state index in [2.05, 4.69) is 6.92 Å². The molecular weight excluding hydrogens is 1710 g/mol. The summed E-state index contributed by atoms with van der Waals surface area (Å²) in [5.41, 5.74) is -2.93. The van der Waals surface area contributed by atoms with Crippen LogP contribution in [0, 0.1) is 169 Å². The number of hydrogen-bond donors (Lipinski definition) is 0. The van der Waals surface area contributed by atoms with Crippen molar-refractivity contribution in [1.82, 2.24) is 0 Å². The smallest absolute Gasteiger partial charge is 0.316 e.